The second-order valence-corrected chi connectivity index (χ2v) is 27.0. The van der Waals surface area contributed by atoms with Crippen molar-refractivity contribution in [2.75, 3.05) is 0 Å². The summed E-state index contributed by atoms with van der Waals surface area (Å²) >= 11 is 0. The van der Waals surface area contributed by atoms with Crippen LogP contribution in [-0.2, 0) is 4.79 Å². The molecule has 21 heavy (non-hydrogen) atoms. The van der Waals surface area contributed by atoms with Crippen LogP contribution < -0.4 is 0 Å². The van der Waals surface area contributed by atoms with Crippen LogP contribution in [0.25, 0.3) is 0 Å². The molecule has 0 aromatic heterocycles. The fraction of sp³-hybridized carbons (Fsp3) is 0.812. The van der Waals surface area contributed by atoms with Crippen molar-refractivity contribution in [3.63, 3.8) is 0 Å². The van der Waals surface area contributed by atoms with Crippen LogP contribution in [0.3, 0.4) is 0 Å². The highest BCUT2D eigenvalue weighted by Gasteiger charge is 2.58. The summed E-state index contributed by atoms with van der Waals surface area (Å²) in [5, 5.41) is 9.02. The lowest BCUT2D eigenvalue weighted by atomic mass is 10.1. The van der Waals surface area contributed by atoms with Gasteiger partial charge >= 0.3 is 5.97 Å². The van der Waals surface area contributed by atoms with Crippen molar-refractivity contribution in [1.82, 2.24) is 0 Å². The van der Waals surface area contributed by atoms with E-state index in [0.717, 1.165) is 6.42 Å². The molecule has 0 saturated heterocycles. The molecule has 0 atom stereocenters. The van der Waals surface area contributed by atoms with Crippen molar-refractivity contribution < 1.29 is 9.90 Å². The van der Waals surface area contributed by atoms with Crippen LogP contribution in [-0.4, -0.2) is 35.3 Å². The molecule has 124 valence electrons. The second-order valence-electron chi connectivity index (χ2n) is 9.42. The Bertz CT molecular complexity index is 359. The minimum atomic E-state index is -1.36. The van der Waals surface area contributed by atoms with Gasteiger partial charge in [-0.05, 0) is 17.1 Å². The summed E-state index contributed by atoms with van der Waals surface area (Å²) < 4.78 is 0.520. The maximum atomic E-state index is 11.0. The molecule has 0 aromatic carbocycles. The van der Waals surface area contributed by atoms with Gasteiger partial charge in [-0.3, -0.25) is 0 Å². The number of rotatable bonds is 8. The smallest absolute Gasteiger partial charge is 0.330 e. The predicted molar refractivity (Wildman–Crippen MR) is 103 cm³/mol. The Morgan fingerprint density at radius 1 is 0.905 bits per heavy atom. The summed E-state index contributed by atoms with van der Waals surface area (Å²) in [4.78, 5) is 11.0. The molecule has 0 bridgehead atoms. The zero-order valence-electron chi connectivity index (χ0n) is 15.7. The van der Waals surface area contributed by atoms with Gasteiger partial charge in [0, 0.05) is 29.8 Å². The maximum Gasteiger partial charge on any atom is 0.330 e. The first-order chi connectivity index (χ1) is 9.08. The molecule has 0 spiro atoms. The standard InChI is InChI=1S/C16H36O2Si3/c1-14(15(17)18)12-11-13-16(19(2,3)4,20(5,6)7)21(8,9)10/h1,11-13H2,2-10H3,(H,17,18). The molecule has 1 N–H and O–H groups in total. The lowest BCUT2D eigenvalue weighted by molar-refractivity contribution is -0.132. The average Bonchev–Trinajstić information content (AvgIpc) is 2.17. The Balaban J connectivity index is 5.54. The van der Waals surface area contributed by atoms with Gasteiger partial charge in [-0.25, -0.2) is 4.79 Å². The summed E-state index contributed by atoms with van der Waals surface area (Å²) in [6, 6.07) is 0. The first-order valence-corrected chi connectivity index (χ1v) is 18.5. The molecule has 5 heteroatoms. The third-order valence-corrected chi connectivity index (χ3v) is 27.1. The molecule has 0 saturated carbocycles. The second kappa shape index (κ2) is 6.54. The van der Waals surface area contributed by atoms with Gasteiger partial charge in [0.2, 0.25) is 0 Å². The van der Waals surface area contributed by atoms with E-state index in [-0.39, 0.29) is 0 Å². The van der Waals surface area contributed by atoms with Gasteiger partial charge in [-0.2, -0.15) is 0 Å². The first kappa shape index (κ1) is 20.9. The minimum absolute atomic E-state index is 0.366. The van der Waals surface area contributed by atoms with E-state index in [0.29, 0.717) is 16.3 Å². The molecule has 0 amide bonds. The lowest BCUT2D eigenvalue weighted by Crippen LogP contribution is -2.65. The molecule has 0 rings (SSSR count). The quantitative estimate of drug-likeness (QED) is 0.457. The maximum absolute atomic E-state index is 11.0. The van der Waals surface area contributed by atoms with E-state index in [9.17, 15) is 4.79 Å². The first-order valence-electron chi connectivity index (χ1n) is 7.99. The average molecular weight is 345 g/mol. The monoisotopic (exact) mass is 344 g/mol. The van der Waals surface area contributed by atoms with Crippen molar-refractivity contribution in [1.29, 1.82) is 0 Å². The Kier molecular flexibility index (Phi) is 6.50. The fourth-order valence-electron chi connectivity index (χ4n) is 5.17. The van der Waals surface area contributed by atoms with E-state index in [4.69, 9.17) is 5.11 Å². The van der Waals surface area contributed by atoms with E-state index in [2.05, 4.69) is 65.5 Å². The van der Waals surface area contributed by atoms with Gasteiger partial charge in [0.25, 0.3) is 0 Å². The summed E-state index contributed by atoms with van der Waals surface area (Å²) in [6.07, 6.45) is 2.81. The number of hydrogen-bond acceptors (Lipinski definition) is 1. The van der Waals surface area contributed by atoms with Crippen molar-refractivity contribution in [3.05, 3.63) is 12.2 Å². The number of carboxylic acid groups (broad SMARTS) is 1. The third kappa shape index (κ3) is 4.42. The summed E-state index contributed by atoms with van der Waals surface area (Å²) in [7, 11) is -4.08. The van der Waals surface area contributed by atoms with Gasteiger partial charge < -0.3 is 5.11 Å². The molecule has 0 unspecified atom stereocenters. The van der Waals surface area contributed by atoms with Crippen LogP contribution in [0.5, 0.6) is 0 Å². The third-order valence-electron chi connectivity index (χ3n) is 5.17. The predicted octanol–water partition coefficient (Wildman–Crippen LogP) is 5.63. The molecule has 0 radical (unpaired) electrons. The molecule has 0 aliphatic carbocycles. The molecule has 2 nitrogen and oxygen atoms in total. The van der Waals surface area contributed by atoms with Gasteiger partial charge in [0.15, 0.2) is 0 Å². The van der Waals surface area contributed by atoms with Gasteiger partial charge in [-0.15, -0.1) is 0 Å². The molecule has 0 fully saturated rings. The molecule has 0 aliphatic heterocycles. The normalized spacial score (nSPS) is 14.1. The number of carbonyl (C=O) groups is 1. The SMILES string of the molecule is C=C(CCCC([Si](C)(C)C)([Si](C)(C)C)[Si](C)(C)C)C(=O)O. The van der Waals surface area contributed by atoms with Crippen molar-refractivity contribution >= 4 is 30.2 Å². The largest absolute Gasteiger partial charge is 0.478 e. The lowest BCUT2D eigenvalue weighted by Gasteiger charge is -2.59. The summed E-state index contributed by atoms with van der Waals surface area (Å²) in [5.41, 5.74) is 0.366. The van der Waals surface area contributed by atoms with Gasteiger partial charge in [-0.1, -0.05) is 71.9 Å². The molecule has 0 aromatic rings. The van der Waals surface area contributed by atoms with Crippen LogP contribution in [0.2, 0.25) is 63.2 Å². The van der Waals surface area contributed by atoms with E-state index in [1.54, 1.807) is 0 Å². The number of aliphatic carboxylic acids is 1. The fourth-order valence-corrected chi connectivity index (χ4v) is 35.0. The highest BCUT2D eigenvalue weighted by Crippen LogP contribution is 2.57. The Morgan fingerprint density at radius 2 is 1.24 bits per heavy atom. The van der Waals surface area contributed by atoms with E-state index in [1.165, 1.54) is 6.42 Å². The highest BCUT2D eigenvalue weighted by atomic mass is 28.5. The van der Waals surface area contributed by atoms with E-state index < -0.39 is 30.2 Å². The minimum Gasteiger partial charge on any atom is -0.478 e. The number of carboxylic acids is 1. The molecule has 0 heterocycles. The van der Waals surface area contributed by atoms with Crippen LogP contribution >= 0.6 is 0 Å². The Labute approximate surface area is 135 Å². The summed E-state index contributed by atoms with van der Waals surface area (Å²) in [6.45, 7) is 26.4. The van der Waals surface area contributed by atoms with Crippen LogP contribution in [0.1, 0.15) is 19.3 Å². The summed E-state index contributed by atoms with van der Waals surface area (Å²) in [5.74, 6) is -0.838. The van der Waals surface area contributed by atoms with E-state index >= 15 is 0 Å². The molecular weight excluding hydrogens is 308 g/mol. The van der Waals surface area contributed by atoms with Gasteiger partial charge in [0.05, 0.1) is 0 Å². The van der Waals surface area contributed by atoms with Gasteiger partial charge in [0.1, 0.15) is 0 Å². The zero-order chi connectivity index (χ0) is 17.3. The van der Waals surface area contributed by atoms with Crippen LogP contribution in [0.4, 0.5) is 0 Å². The van der Waals surface area contributed by atoms with Crippen molar-refractivity contribution in [2.24, 2.45) is 0 Å². The highest BCUT2D eigenvalue weighted by molar-refractivity contribution is 7.15. The van der Waals surface area contributed by atoms with Crippen LogP contribution in [0.15, 0.2) is 12.2 Å². The van der Waals surface area contributed by atoms with Crippen molar-refractivity contribution in [2.45, 2.75) is 82.5 Å². The van der Waals surface area contributed by atoms with E-state index in [1.807, 2.05) is 0 Å². The molecular formula is C16H36O2Si3. The Morgan fingerprint density at radius 3 is 1.48 bits per heavy atom. The topological polar surface area (TPSA) is 37.3 Å². The molecule has 0 aliphatic rings. The number of hydrogen-bond donors (Lipinski definition) is 1. The van der Waals surface area contributed by atoms with Crippen molar-refractivity contribution in [3.8, 4) is 0 Å². The van der Waals surface area contributed by atoms with Crippen LogP contribution in [0, 0.1) is 0 Å². The zero-order valence-corrected chi connectivity index (χ0v) is 18.7. The Hall–Kier alpha value is -0.139.